The highest BCUT2D eigenvalue weighted by atomic mass is 19.1. The second kappa shape index (κ2) is 4.83. The summed E-state index contributed by atoms with van der Waals surface area (Å²) in [4.78, 5) is 26.0. The van der Waals surface area contributed by atoms with Crippen LogP contribution in [0.4, 0.5) is 10.1 Å². The molecule has 0 radical (unpaired) electrons. The lowest BCUT2D eigenvalue weighted by Gasteiger charge is -2.06. The van der Waals surface area contributed by atoms with Crippen molar-refractivity contribution >= 4 is 11.6 Å². The molecule has 2 rings (SSSR count). The average molecular weight is 246 g/mol. The van der Waals surface area contributed by atoms with Crippen molar-refractivity contribution in [2.45, 2.75) is 6.92 Å². The molecular weight excluding hydrogens is 235 g/mol. The first kappa shape index (κ1) is 12.0. The first-order chi connectivity index (χ1) is 8.58. The summed E-state index contributed by atoms with van der Waals surface area (Å²) < 4.78 is 13.1. The summed E-state index contributed by atoms with van der Waals surface area (Å²) >= 11 is 0. The molecule has 1 amide bonds. The smallest absolute Gasteiger partial charge is 0.256 e. The van der Waals surface area contributed by atoms with Gasteiger partial charge in [-0.25, -0.2) is 4.39 Å². The SMILES string of the molecule is Cc1ccc(F)cc1C(=O)Nc1c[nH]ccc1=O. The summed E-state index contributed by atoms with van der Waals surface area (Å²) in [5.41, 5.74) is 0.668. The van der Waals surface area contributed by atoms with Gasteiger partial charge in [-0.05, 0) is 24.6 Å². The molecule has 0 spiro atoms. The molecular formula is C13H11FN2O2. The van der Waals surface area contributed by atoms with Gasteiger partial charge in [0.15, 0.2) is 0 Å². The number of aryl methyl sites for hydroxylation is 1. The number of H-pyrrole nitrogens is 1. The van der Waals surface area contributed by atoms with Crippen LogP contribution >= 0.6 is 0 Å². The van der Waals surface area contributed by atoms with Gasteiger partial charge in [-0.1, -0.05) is 6.07 Å². The van der Waals surface area contributed by atoms with Gasteiger partial charge in [0.05, 0.1) is 0 Å². The number of carbonyl (C=O) groups excluding carboxylic acids is 1. The highest BCUT2D eigenvalue weighted by Gasteiger charge is 2.11. The van der Waals surface area contributed by atoms with E-state index in [1.54, 1.807) is 6.92 Å². The normalized spacial score (nSPS) is 10.1. The Morgan fingerprint density at radius 3 is 2.83 bits per heavy atom. The van der Waals surface area contributed by atoms with Crippen LogP contribution in [0.1, 0.15) is 15.9 Å². The van der Waals surface area contributed by atoms with E-state index >= 15 is 0 Å². The molecule has 0 fully saturated rings. The quantitative estimate of drug-likeness (QED) is 0.852. The number of aromatic amines is 1. The van der Waals surface area contributed by atoms with Crippen molar-refractivity contribution in [3.8, 4) is 0 Å². The number of rotatable bonds is 2. The molecule has 0 unspecified atom stereocenters. The van der Waals surface area contributed by atoms with Crippen LogP contribution in [-0.4, -0.2) is 10.9 Å². The molecule has 0 atom stereocenters. The molecule has 1 aromatic heterocycles. The van der Waals surface area contributed by atoms with Gasteiger partial charge in [0, 0.05) is 24.0 Å². The molecule has 0 aliphatic heterocycles. The van der Waals surface area contributed by atoms with Crippen molar-refractivity contribution in [3.63, 3.8) is 0 Å². The summed E-state index contributed by atoms with van der Waals surface area (Å²) in [6.07, 6.45) is 2.85. The van der Waals surface area contributed by atoms with Crippen molar-refractivity contribution in [3.05, 3.63) is 63.8 Å². The summed E-state index contributed by atoms with van der Waals surface area (Å²) in [7, 11) is 0. The van der Waals surface area contributed by atoms with Crippen LogP contribution in [-0.2, 0) is 0 Å². The van der Waals surface area contributed by atoms with Gasteiger partial charge in [0.2, 0.25) is 5.43 Å². The number of amides is 1. The zero-order valence-corrected chi connectivity index (χ0v) is 9.66. The van der Waals surface area contributed by atoms with E-state index in [2.05, 4.69) is 10.3 Å². The maximum atomic E-state index is 13.1. The minimum atomic E-state index is -0.510. The second-order valence-corrected chi connectivity index (χ2v) is 3.84. The van der Waals surface area contributed by atoms with Crippen LogP contribution in [0.25, 0.3) is 0 Å². The maximum Gasteiger partial charge on any atom is 0.256 e. The molecule has 0 aliphatic rings. The van der Waals surface area contributed by atoms with Gasteiger partial charge in [0.1, 0.15) is 11.5 Å². The predicted octanol–water partition coefficient (Wildman–Crippen LogP) is 2.07. The number of halogens is 1. The van der Waals surface area contributed by atoms with E-state index in [-0.39, 0.29) is 16.7 Å². The standard InChI is InChI=1S/C13H11FN2O2/c1-8-2-3-9(14)6-10(8)13(18)16-11-7-15-5-4-12(11)17/h2-7H,1H3,(H,15,17)(H,16,18). The molecule has 2 aromatic rings. The van der Waals surface area contributed by atoms with Crippen LogP contribution in [0.5, 0.6) is 0 Å². The van der Waals surface area contributed by atoms with Gasteiger partial charge in [-0.15, -0.1) is 0 Å². The predicted molar refractivity (Wildman–Crippen MR) is 66.2 cm³/mol. The third kappa shape index (κ3) is 2.45. The van der Waals surface area contributed by atoms with E-state index in [9.17, 15) is 14.0 Å². The molecule has 2 N–H and O–H groups in total. The fraction of sp³-hybridized carbons (Fsp3) is 0.0769. The number of aromatic nitrogens is 1. The Morgan fingerprint density at radius 1 is 1.33 bits per heavy atom. The fourth-order valence-electron chi connectivity index (χ4n) is 1.54. The van der Waals surface area contributed by atoms with Gasteiger partial charge >= 0.3 is 0 Å². The first-order valence-electron chi connectivity index (χ1n) is 5.32. The second-order valence-electron chi connectivity index (χ2n) is 3.84. The number of hydrogen-bond donors (Lipinski definition) is 2. The molecule has 1 heterocycles. The van der Waals surface area contributed by atoms with Crippen molar-refractivity contribution in [1.82, 2.24) is 4.98 Å². The summed E-state index contributed by atoms with van der Waals surface area (Å²) in [6.45, 7) is 1.70. The molecule has 0 aliphatic carbocycles. The average Bonchev–Trinajstić information content (AvgIpc) is 2.35. The van der Waals surface area contributed by atoms with Crippen LogP contribution in [0.15, 0.2) is 41.5 Å². The molecule has 1 aromatic carbocycles. The molecule has 5 heteroatoms. The van der Waals surface area contributed by atoms with E-state index in [0.717, 1.165) is 6.07 Å². The maximum absolute atomic E-state index is 13.1. The summed E-state index contributed by atoms with van der Waals surface area (Å²) in [6, 6.07) is 5.23. The van der Waals surface area contributed by atoms with E-state index in [1.165, 1.54) is 30.6 Å². The number of nitrogens with one attached hydrogen (secondary N) is 2. The highest BCUT2D eigenvalue weighted by Crippen LogP contribution is 2.11. The summed E-state index contributed by atoms with van der Waals surface area (Å²) in [5, 5.41) is 2.45. The van der Waals surface area contributed by atoms with E-state index < -0.39 is 11.7 Å². The number of anilines is 1. The van der Waals surface area contributed by atoms with Gasteiger partial charge in [-0.2, -0.15) is 0 Å². The molecule has 0 bridgehead atoms. The van der Waals surface area contributed by atoms with E-state index in [0.29, 0.717) is 5.56 Å². The van der Waals surface area contributed by atoms with Crippen LogP contribution in [0.2, 0.25) is 0 Å². The Labute approximate surface area is 102 Å². The van der Waals surface area contributed by atoms with Crippen molar-refractivity contribution in [2.75, 3.05) is 5.32 Å². The Hall–Kier alpha value is -2.43. The Kier molecular flexibility index (Phi) is 3.23. The Morgan fingerprint density at radius 2 is 2.11 bits per heavy atom. The fourth-order valence-corrected chi connectivity index (χ4v) is 1.54. The molecule has 0 saturated carbocycles. The molecule has 18 heavy (non-hydrogen) atoms. The van der Waals surface area contributed by atoms with Crippen LogP contribution in [0.3, 0.4) is 0 Å². The van der Waals surface area contributed by atoms with Crippen LogP contribution < -0.4 is 10.7 Å². The van der Waals surface area contributed by atoms with E-state index in [4.69, 9.17) is 0 Å². The van der Waals surface area contributed by atoms with Gasteiger partial charge in [0.25, 0.3) is 5.91 Å². The lowest BCUT2D eigenvalue weighted by atomic mass is 10.1. The Bertz CT molecular complexity index is 649. The van der Waals surface area contributed by atoms with Gasteiger partial charge in [-0.3, -0.25) is 9.59 Å². The lowest BCUT2D eigenvalue weighted by molar-refractivity contribution is 0.102. The van der Waals surface area contributed by atoms with Gasteiger partial charge < -0.3 is 10.3 Å². The number of carbonyl (C=O) groups is 1. The molecule has 0 saturated heterocycles. The van der Waals surface area contributed by atoms with E-state index in [1.807, 2.05) is 0 Å². The third-order valence-electron chi connectivity index (χ3n) is 2.52. The number of pyridine rings is 1. The number of hydrogen-bond acceptors (Lipinski definition) is 2. The summed E-state index contributed by atoms with van der Waals surface area (Å²) in [5.74, 6) is -1.00. The minimum absolute atomic E-state index is 0.131. The first-order valence-corrected chi connectivity index (χ1v) is 5.32. The largest absolute Gasteiger partial charge is 0.366 e. The van der Waals surface area contributed by atoms with Crippen molar-refractivity contribution < 1.29 is 9.18 Å². The topological polar surface area (TPSA) is 62.0 Å². The third-order valence-corrected chi connectivity index (χ3v) is 2.52. The zero-order valence-electron chi connectivity index (χ0n) is 9.66. The highest BCUT2D eigenvalue weighted by molar-refractivity contribution is 6.05. The van der Waals surface area contributed by atoms with Crippen molar-refractivity contribution in [1.29, 1.82) is 0 Å². The number of benzene rings is 1. The lowest BCUT2D eigenvalue weighted by Crippen LogP contribution is -2.19. The zero-order chi connectivity index (χ0) is 13.1. The molecule has 4 nitrogen and oxygen atoms in total. The molecule has 92 valence electrons. The van der Waals surface area contributed by atoms with Crippen molar-refractivity contribution in [2.24, 2.45) is 0 Å². The monoisotopic (exact) mass is 246 g/mol. The minimum Gasteiger partial charge on any atom is -0.366 e. The van der Waals surface area contributed by atoms with Crippen LogP contribution in [0, 0.1) is 12.7 Å². The Balaban J connectivity index is 2.31.